The molecule has 0 aliphatic heterocycles. The lowest BCUT2D eigenvalue weighted by molar-refractivity contribution is 0.498. The number of alkyl halides is 1. The lowest BCUT2D eigenvalue weighted by atomic mass is 10.9. The third kappa shape index (κ3) is 3.46. The number of hydrogen-bond donors (Lipinski definition) is 0. The summed E-state index contributed by atoms with van der Waals surface area (Å²) in [6.45, 7) is 4.82. The van der Waals surface area contributed by atoms with Crippen molar-refractivity contribution in [1.82, 2.24) is 0 Å². The Kier molecular flexibility index (Phi) is 4.35. The minimum atomic E-state index is -2.62. The molecule has 62 valence electrons. The van der Waals surface area contributed by atoms with Crippen molar-refractivity contribution in [1.29, 1.82) is 0 Å². The lowest BCUT2D eigenvalue weighted by Gasteiger charge is -2.20. The molecule has 0 nitrogen and oxygen atoms in total. The molecule has 0 bridgehead atoms. The molecule has 0 heterocycles. The Labute approximate surface area is 65.0 Å². The molecule has 0 saturated carbocycles. The van der Waals surface area contributed by atoms with Gasteiger partial charge in [0, 0.05) is 9.52 Å². The van der Waals surface area contributed by atoms with E-state index in [4.69, 9.17) is 0 Å². The third-order valence-corrected chi connectivity index (χ3v) is 9.16. The van der Waals surface area contributed by atoms with Crippen LogP contribution in [0.15, 0.2) is 0 Å². The van der Waals surface area contributed by atoms with Gasteiger partial charge in [0.1, 0.15) is 0 Å². The summed E-state index contributed by atoms with van der Waals surface area (Å²) in [7, 11) is -3.08. The van der Waals surface area contributed by atoms with Crippen molar-refractivity contribution in [3.63, 3.8) is 0 Å². The van der Waals surface area contributed by atoms with Gasteiger partial charge in [0.15, 0.2) is 0 Å². The first-order valence-electron chi connectivity index (χ1n) is 3.77. The van der Waals surface area contributed by atoms with Crippen molar-refractivity contribution < 1.29 is 8.50 Å². The third-order valence-electron chi connectivity index (χ3n) is 1.79. The van der Waals surface area contributed by atoms with Crippen LogP contribution in [0.2, 0.25) is 24.3 Å². The van der Waals surface area contributed by atoms with Crippen LogP contribution in [0, 0.1) is 0 Å². The largest absolute Gasteiger partial charge is 0.314 e. The van der Waals surface area contributed by atoms with Gasteiger partial charge in [-0.2, -0.15) is 0 Å². The lowest BCUT2D eigenvalue weighted by Crippen LogP contribution is -2.32. The quantitative estimate of drug-likeness (QED) is 0.461. The highest BCUT2D eigenvalue weighted by molar-refractivity contribution is 6.81. The van der Waals surface area contributed by atoms with Crippen molar-refractivity contribution in [2.45, 2.75) is 31.2 Å². The van der Waals surface area contributed by atoms with E-state index in [9.17, 15) is 8.50 Å². The first-order valence-corrected chi connectivity index (χ1v) is 8.54. The second-order valence-corrected chi connectivity index (χ2v) is 10.5. The summed E-state index contributed by atoms with van der Waals surface area (Å²) >= 11 is 0. The topological polar surface area (TPSA) is 0 Å². The van der Waals surface area contributed by atoms with Crippen LogP contribution in [-0.4, -0.2) is 24.6 Å². The molecule has 4 heteroatoms. The van der Waals surface area contributed by atoms with Crippen LogP contribution in [0.3, 0.4) is 0 Å². The van der Waals surface area contributed by atoms with Crippen LogP contribution in [0.1, 0.15) is 6.92 Å². The Balaban J connectivity index is 3.81. The molecular weight excluding hydrogens is 166 g/mol. The van der Waals surface area contributed by atoms with Crippen LogP contribution in [0.4, 0.5) is 8.50 Å². The fourth-order valence-corrected chi connectivity index (χ4v) is 5.78. The normalized spacial score (nSPS) is 16.5. The first-order chi connectivity index (χ1) is 4.52. The van der Waals surface area contributed by atoms with E-state index in [1.54, 1.807) is 13.1 Å². The van der Waals surface area contributed by atoms with E-state index in [1.807, 2.05) is 6.92 Å². The fraction of sp³-hybridized carbons (Fsp3) is 1.00. The van der Waals surface area contributed by atoms with Gasteiger partial charge in [-0.25, -0.2) is 0 Å². The van der Waals surface area contributed by atoms with Crippen molar-refractivity contribution in [3.05, 3.63) is 0 Å². The predicted molar refractivity (Wildman–Crippen MR) is 47.3 cm³/mol. The number of halogens is 2. The average Bonchev–Trinajstić information content (AvgIpc) is 1.80. The van der Waals surface area contributed by atoms with Crippen molar-refractivity contribution in [2.24, 2.45) is 0 Å². The second-order valence-electron chi connectivity index (χ2n) is 3.20. The highest BCUT2D eigenvalue weighted by Gasteiger charge is 2.31. The van der Waals surface area contributed by atoms with Crippen molar-refractivity contribution in [3.8, 4) is 0 Å². The molecule has 0 aromatic heterocycles. The highest BCUT2D eigenvalue weighted by Crippen LogP contribution is 2.22. The molecule has 1 unspecified atom stereocenters. The molecule has 0 radical (unpaired) electrons. The minimum absolute atomic E-state index is 0.141. The Bertz CT molecular complexity index is 90.2. The smallest absolute Gasteiger partial charge is 0.243 e. The molecule has 0 aromatic rings. The highest BCUT2D eigenvalue weighted by atomic mass is 28.4. The van der Waals surface area contributed by atoms with E-state index < -0.39 is 24.6 Å². The average molecular weight is 182 g/mol. The van der Waals surface area contributed by atoms with Crippen molar-refractivity contribution in [2.75, 3.05) is 6.67 Å². The van der Waals surface area contributed by atoms with Crippen LogP contribution >= 0.6 is 0 Å². The molecule has 0 aliphatic rings. The molecule has 10 heavy (non-hydrogen) atoms. The monoisotopic (exact) mass is 182 g/mol. The van der Waals surface area contributed by atoms with E-state index >= 15 is 0 Å². The summed E-state index contributed by atoms with van der Waals surface area (Å²) < 4.78 is 25.3. The van der Waals surface area contributed by atoms with Crippen LogP contribution in [0.5, 0.6) is 0 Å². The van der Waals surface area contributed by atoms with Crippen LogP contribution in [-0.2, 0) is 0 Å². The molecule has 1 atom stereocenters. The minimum Gasteiger partial charge on any atom is -0.314 e. The van der Waals surface area contributed by atoms with Gasteiger partial charge in [0.2, 0.25) is 8.41 Å². The summed E-state index contributed by atoms with van der Waals surface area (Å²) in [5, 5.41) is -0.141. The van der Waals surface area contributed by atoms with Crippen LogP contribution < -0.4 is 0 Å². The zero-order valence-electron chi connectivity index (χ0n) is 6.95. The maximum atomic E-state index is 13.2. The van der Waals surface area contributed by atoms with E-state index in [-0.39, 0.29) is 5.16 Å². The van der Waals surface area contributed by atoms with Gasteiger partial charge in [-0.3, -0.25) is 4.39 Å². The van der Waals surface area contributed by atoms with E-state index in [0.29, 0.717) is 0 Å². The SMILES string of the molecule is CC[SiH2]C(CF)[Si](C)(C)F. The van der Waals surface area contributed by atoms with E-state index in [2.05, 4.69) is 0 Å². The van der Waals surface area contributed by atoms with Gasteiger partial charge in [0.05, 0.1) is 6.67 Å². The molecule has 0 aromatic carbocycles. The Morgan fingerprint density at radius 2 is 2.00 bits per heavy atom. The molecule has 0 rings (SSSR count). The first kappa shape index (κ1) is 10.3. The summed E-state index contributed by atoms with van der Waals surface area (Å²) in [6.07, 6.45) is 0. The standard InChI is InChI=1S/C6H16F2Si2/c1-4-9-6(5-7)10(2,3)8/h6H,4-5,9H2,1-3H3. The van der Waals surface area contributed by atoms with Gasteiger partial charge in [-0.15, -0.1) is 0 Å². The Morgan fingerprint density at radius 1 is 1.50 bits per heavy atom. The van der Waals surface area contributed by atoms with Gasteiger partial charge in [0.25, 0.3) is 0 Å². The van der Waals surface area contributed by atoms with Gasteiger partial charge < -0.3 is 4.11 Å². The second kappa shape index (κ2) is 4.23. The predicted octanol–water partition coefficient (Wildman–Crippen LogP) is 2.07. The summed E-state index contributed by atoms with van der Waals surface area (Å²) in [6, 6.07) is 1.02. The summed E-state index contributed by atoms with van der Waals surface area (Å²) in [5.41, 5.74) is 0. The zero-order valence-corrected chi connectivity index (χ0v) is 9.37. The number of rotatable bonds is 4. The van der Waals surface area contributed by atoms with E-state index in [1.165, 1.54) is 0 Å². The van der Waals surface area contributed by atoms with Crippen LogP contribution in [0.25, 0.3) is 0 Å². The molecule has 0 N–H and O–H groups in total. The Hall–Kier alpha value is 0.294. The van der Waals surface area contributed by atoms with Crippen molar-refractivity contribution >= 4 is 17.9 Å². The maximum absolute atomic E-state index is 13.2. The van der Waals surface area contributed by atoms with E-state index in [0.717, 1.165) is 6.04 Å². The molecular formula is C6H16F2Si2. The summed E-state index contributed by atoms with van der Waals surface area (Å²) in [4.78, 5) is 0. The van der Waals surface area contributed by atoms with Gasteiger partial charge in [-0.1, -0.05) is 13.0 Å². The number of hydrogen-bond acceptors (Lipinski definition) is 0. The fourth-order valence-electron chi connectivity index (χ4n) is 0.952. The maximum Gasteiger partial charge on any atom is 0.243 e. The van der Waals surface area contributed by atoms with Gasteiger partial charge in [-0.05, 0) is 18.3 Å². The molecule has 0 saturated heterocycles. The molecule has 0 fully saturated rings. The molecule has 0 aliphatic carbocycles. The summed E-state index contributed by atoms with van der Waals surface area (Å²) in [5.74, 6) is 0. The molecule has 0 spiro atoms. The molecule has 0 amide bonds. The Morgan fingerprint density at radius 3 is 2.10 bits per heavy atom. The van der Waals surface area contributed by atoms with Gasteiger partial charge >= 0.3 is 0 Å². The zero-order chi connectivity index (χ0) is 8.20.